The first-order valence-electron chi connectivity index (χ1n) is 6.89. The van der Waals surface area contributed by atoms with Gasteiger partial charge in [0.1, 0.15) is 5.75 Å². The maximum atomic E-state index is 11.8. The summed E-state index contributed by atoms with van der Waals surface area (Å²) in [4.78, 5) is 11.8. The van der Waals surface area contributed by atoms with Crippen LogP contribution in [0.4, 0.5) is 0 Å². The lowest BCUT2D eigenvalue weighted by Crippen LogP contribution is -2.23. The molecular weight excluding hydrogens is 276 g/mol. The quantitative estimate of drug-likeness (QED) is 0.846. The first kappa shape index (κ1) is 16.8. The summed E-state index contributed by atoms with van der Waals surface area (Å²) < 4.78 is 5.26. The zero-order valence-corrected chi connectivity index (χ0v) is 12.7. The first-order valence-corrected chi connectivity index (χ1v) is 6.89. The molecular formula is C15H23ClN2O2. The van der Waals surface area contributed by atoms with Crippen LogP contribution in [0.3, 0.4) is 0 Å². The van der Waals surface area contributed by atoms with Gasteiger partial charge in [-0.1, -0.05) is 18.2 Å². The van der Waals surface area contributed by atoms with Crippen LogP contribution in [0, 0.1) is 5.92 Å². The van der Waals surface area contributed by atoms with Crippen LogP contribution in [0.25, 0.3) is 0 Å². The third-order valence-corrected chi connectivity index (χ3v) is 3.61. The molecule has 1 heterocycles. The Morgan fingerprint density at radius 2 is 2.25 bits per heavy atom. The normalized spacial score (nSPS) is 17.4. The smallest absolute Gasteiger partial charge is 0.220 e. The number of para-hydroxylation sites is 1. The van der Waals surface area contributed by atoms with Gasteiger partial charge in [0.2, 0.25) is 5.91 Å². The zero-order chi connectivity index (χ0) is 13.5. The molecule has 1 aliphatic heterocycles. The van der Waals surface area contributed by atoms with E-state index in [0.717, 1.165) is 30.8 Å². The van der Waals surface area contributed by atoms with Crippen molar-refractivity contribution in [3.05, 3.63) is 29.8 Å². The van der Waals surface area contributed by atoms with E-state index in [2.05, 4.69) is 10.6 Å². The molecule has 0 saturated carbocycles. The number of carbonyl (C=O) groups excluding carboxylic acids is 1. The van der Waals surface area contributed by atoms with Crippen LogP contribution in [0.5, 0.6) is 5.75 Å². The van der Waals surface area contributed by atoms with Crippen molar-refractivity contribution in [2.75, 3.05) is 20.2 Å². The summed E-state index contributed by atoms with van der Waals surface area (Å²) in [6.45, 7) is 2.68. The summed E-state index contributed by atoms with van der Waals surface area (Å²) >= 11 is 0. The van der Waals surface area contributed by atoms with Crippen LogP contribution in [0.15, 0.2) is 24.3 Å². The van der Waals surface area contributed by atoms with E-state index in [1.54, 1.807) is 7.11 Å². The number of amides is 1. The van der Waals surface area contributed by atoms with Gasteiger partial charge >= 0.3 is 0 Å². The molecule has 1 amide bonds. The maximum Gasteiger partial charge on any atom is 0.220 e. The molecule has 4 nitrogen and oxygen atoms in total. The van der Waals surface area contributed by atoms with E-state index in [4.69, 9.17) is 4.74 Å². The fourth-order valence-corrected chi connectivity index (χ4v) is 2.43. The predicted octanol–water partition coefficient (Wildman–Crippen LogP) is 2.12. The Kier molecular flexibility index (Phi) is 7.41. The number of methoxy groups -OCH3 is 1. The third-order valence-electron chi connectivity index (χ3n) is 3.61. The molecule has 1 fully saturated rings. The van der Waals surface area contributed by atoms with E-state index in [-0.39, 0.29) is 18.3 Å². The summed E-state index contributed by atoms with van der Waals surface area (Å²) in [5.74, 6) is 1.61. The molecule has 0 aliphatic carbocycles. The molecule has 1 saturated heterocycles. The minimum Gasteiger partial charge on any atom is -0.496 e. The number of hydrogen-bond acceptors (Lipinski definition) is 3. The van der Waals surface area contributed by atoms with Crippen molar-refractivity contribution in [3.8, 4) is 5.75 Å². The lowest BCUT2D eigenvalue weighted by atomic mass is 10.0. The van der Waals surface area contributed by atoms with Crippen molar-refractivity contribution < 1.29 is 9.53 Å². The fraction of sp³-hybridized carbons (Fsp3) is 0.533. The van der Waals surface area contributed by atoms with Gasteiger partial charge in [-0.3, -0.25) is 4.79 Å². The number of rotatable bonds is 6. The van der Waals surface area contributed by atoms with Gasteiger partial charge in [0, 0.05) is 18.5 Å². The highest BCUT2D eigenvalue weighted by Gasteiger charge is 2.15. The van der Waals surface area contributed by atoms with Gasteiger partial charge in [-0.25, -0.2) is 0 Å². The highest BCUT2D eigenvalue weighted by Crippen LogP contribution is 2.17. The summed E-state index contributed by atoms with van der Waals surface area (Å²) in [5, 5.41) is 6.28. The lowest BCUT2D eigenvalue weighted by Gasteiger charge is -2.11. The third kappa shape index (κ3) is 5.02. The first-order chi connectivity index (χ1) is 9.29. The highest BCUT2D eigenvalue weighted by atomic mass is 35.5. The van der Waals surface area contributed by atoms with Crippen LogP contribution in [0.1, 0.15) is 24.8 Å². The molecule has 2 N–H and O–H groups in total. The molecule has 20 heavy (non-hydrogen) atoms. The lowest BCUT2D eigenvalue weighted by molar-refractivity contribution is -0.121. The molecule has 1 unspecified atom stereocenters. The van der Waals surface area contributed by atoms with Crippen molar-refractivity contribution in [2.24, 2.45) is 5.92 Å². The van der Waals surface area contributed by atoms with Gasteiger partial charge < -0.3 is 15.4 Å². The largest absolute Gasteiger partial charge is 0.496 e. The highest BCUT2D eigenvalue weighted by molar-refractivity contribution is 5.85. The molecule has 5 heteroatoms. The molecule has 1 aromatic carbocycles. The van der Waals surface area contributed by atoms with E-state index >= 15 is 0 Å². The second-order valence-corrected chi connectivity index (χ2v) is 4.99. The Morgan fingerprint density at radius 1 is 1.45 bits per heavy atom. The van der Waals surface area contributed by atoms with Crippen LogP contribution >= 0.6 is 12.4 Å². The number of halogens is 1. The van der Waals surface area contributed by atoms with Crippen LogP contribution in [0.2, 0.25) is 0 Å². The van der Waals surface area contributed by atoms with E-state index in [1.165, 1.54) is 6.42 Å². The average Bonchev–Trinajstić information content (AvgIpc) is 2.96. The van der Waals surface area contributed by atoms with Crippen LogP contribution in [-0.2, 0) is 11.3 Å². The molecule has 112 valence electrons. The molecule has 0 aromatic heterocycles. The van der Waals surface area contributed by atoms with E-state index in [9.17, 15) is 4.79 Å². The zero-order valence-electron chi connectivity index (χ0n) is 11.9. The fourth-order valence-electron chi connectivity index (χ4n) is 2.43. The van der Waals surface area contributed by atoms with Crippen molar-refractivity contribution in [3.63, 3.8) is 0 Å². The second-order valence-electron chi connectivity index (χ2n) is 4.99. The monoisotopic (exact) mass is 298 g/mol. The summed E-state index contributed by atoms with van der Waals surface area (Å²) in [7, 11) is 1.65. The predicted molar refractivity (Wildman–Crippen MR) is 82.3 cm³/mol. The van der Waals surface area contributed by atoms with Crippen molar-refractivity contribution in [2.45, 2.75) is 25.8 Å². The summed E-state index contributed by atoms with van der Waals surface area (Å²) in [6.07, 6.45) is 2.78. The van der Waals surface area contributed by atoms with Crippen molar-refractivity contribution in [1.29, 1.82) is 0 Å². The molecule has 1 atom stereocenters. The molecule has 1 aliphatic rings. The molecule has 1 aromatic rings. The van der Waals surface area contributed by atoms with Gasteiger partial charge in [0.25, 0.3) is 0 Å². The number of carbonyl (C=O) groups is 1. The van der Waals surface area contributed by atoms with Gasteiger partial charge in [-0.15, -0.1) is 12.4 Å². The van der Waals surface area contributed by atoms with Crippen LogP contribution < -0.4 is 15.4 Å². The van der Waals surface area contributed by atoms with Gasteiger partial charge in [-0.05, 0) is 37.9 Å². The van der Waals surface area contributed by atoms with Gasteiger partial charge in [-0.2, -0.15) is 0 Å². The SMILES string of the molecule is COc1ccccc1CNC(=O)CCC1CCNC1.Cl. The number of ether oxygens (including phenoxy) is 1. The molecule has 0 bridgehead atoms. The minimum atomic E-state index is 0. The number of nitrogens with one attached hydrogen (secondary N) is 2. The Bertz CT molecular complexity index is 420. The number of hydrogen-bond donors (Lipinski definition) is 2. The molecule has 2 rings (SSSR count). The summed E-state index contributed by atoms with van der Waals surface area (Å²) in [5.41, 5.74) is 1.01. The Hall–Kier alpha value is -1.26. The maximum absolute atomic E-state index is 11.8. The molecule has 0 spiro atoms. The average molecular weight is 299 g/mol. The Morgan fingerprint density at radius 3 is 2.95 bits per heavy atom. The Balaban J connectivity index is 0.00000200. The minimum absolute atomic E-state index is 0. The van der Waals surface area contributed by atoms with E-state index < -0.39 is 0 Å². The van der Waals surface area contributed by atoms with Gasteiger partial charge in [0.15, 0.2) is 0 Å². The second kappa shape index (κ2) is 8.82. The standard InChI is InChI=1S/C15H22N2O2.ClH/c1-19-14-5-3-2-4-13(14)11-17-15(18)7-6-12-8-9-16-10-12;/h2-5,12,16H,6-11H2,1H3,(H,17,18);1H. The van der Waals surface area contributed by atoms with E-state index in [0.29, 0.717) is 18.9 Å². The number of benzene rings is 1. The van der Waals surface area contributed by atoms with Gasteiger partial charge in [0.05, 0.1) is 7.11 Å². The molecule has 0 radical (unpaired) electrons. The topological polar surface area (TPSA) is 50.4 Å². The van der Waals surface area contributed by atoms with Crippen molar-refractivity contribution >= 4 is 18.3 Å². The van der Waals surface area contributed by atoms with Crippen LogP contribution in [-0.4, -0.2) is 26.1 Å². The Labute approximate surface area is 126 Å². The summed E-state index contributed by atoms with van der Waals surface area (Å²) in [6, 6.07) is 7.76. The van der Waals surface area contributed by atoms with E-state index in [1.807, 2.05) is 24.3 Å². The van der Waals surface area contributed by atoms with Crippen molar-refractivity contribution in [1.82, 2.24) is 10.6 Å².